The Hall–Kier alpha value is -1.82. The van der Waals surface area contributed by atoms with E-state index < -0.39 is 0 Å². The zero-order chi connectivity index (χ0) is 14.0. The second-order valence-electron chi connectivity index (χ2n) is 4.25. The molecule has 19 heavy (non-hydrogen) atoms. The zero-order valence-corrected chi connectivity index (χ0v) is 11.9. The van der Waals surface area contributed by atoms with Crippen LogP contribution in [-0.4, -0.2) is 26.1 Å². The summed E-state index contributed by atoms with van der Waals surface area (Å²) in [7, 11) is 1.77. The molecule has 0 unspecified atom stereocenters. The molecular formula is C12H16ClN5O. The third-order valence-corrected chi connectivity index (χ3v) is 3.30. The molecule has 102 valence electrons. The van der Waals surface area contributed by atoms with Crippen molar-refractivity contribution in [3.8, 4) is 0 Å². The summed E-state index contributed by atoms with van der Waals surface area (Å²) < 4.78 is 2.96. The summed E-state index contributed by atoms with van der Waals surface area (Å²) in [4.78, 5) is 11.9. The normalized spacial score (nSPS) is 10.7. The second kappa shape index (κ2) is 5.44. The fourth-order valence-corrected chi connectivity index (χ4v) is 2.09. The summed E-state index contributed by atoms with van der Waals surface area (Å²) in [5.74, 6) is 0. The maximum absolute atomic E-state index is 11.9. The second-order valence-corrected chi connectivity index (χ2v) is 4.61. The lowest BCUT2D eigenvalue weighted by molar-refractivity contribution is 0.637. The van der Waals surface area contributed by atoms with Gasteiger partial charge in [0.25, 0.3) is 5.56 Å². The molecule has 2 rings (SSSR count). The topological polar surface area (TPSA) is 64.7 Å². The van der Waals surface area contributed by atoms with Gasteiger partial charge in [0, 0.05) is 25.2 Å². The highest BCUT2D eigenvalue weighted by Gasteiger charge is 2.12. The van der Waals surface area contributed by atoms with E-state index in [1.165, 1.54) is 10.7 Å². The first-order valence-corrected chi connectivity index (χ1v) is 6.39. The minimum Gasteiger partial charge on any atom is -0.384 e. The SMILES string of the molecule is CCNc1cnn(Cc2c(C)nn(C)c2Cl)c(=O)c1. The highest BCUT2D eigenvalue weighted by molar-refractivity contribution is 6.30. The Morgan fingerprint density at radius 3 is 2.74 bits per heavy atom. The predicted octanol–water partition coefficient (Wildman–Crippen LogP) is 1.42. The lowest BCUT2D eigenvalue weighted by atomic mass is 10.2. The van der Waals surface area contributed by atoms with Crippen molar-refractivity contribution in [1.29, 1.82) is 0 Å². The number of aryl methyl sites for hydroxylation is 2. The van der Waals surface area contributed by atoms with E-state index in [9.17, 15) is 4.79 Å². The molecule has 7 heteroatoms. The molecule has 0 aliphatic heterocycles. The first-order chi connectivity index (χ1) is 9.02. The van der Waals surface area contributed by atoms with Crippen LogP contribution < -0.4 is 10.9 Å². The highest BCUT2D eigenvalue weighted by atomic mass is 35.5. The molecule has 0 aromatic carbocycles. The summed E-state index contributed by atoms with van der Waals surface area (Å²) in [6.45, 7) is 4.89. The Morgan fingerprint density at radius 1 is 1.47 bits per heavy atom. The molecule has 1 N–H and O–H groups in total. The van der Waals surface area contributed by atoms with Crippen molar-refractivity contribution in [2.24, 2.45) is 7.05 Å². The summed E-state index contributed by atoms with van der Waals surface area (Å²) in [6.07, 6.45) is 1.63. The third kappa shape index (κ3) is 2.78. The lowest BCUT2D eigenvalue weighted by Crippen LogP contribution is -2.23. The molecule has 0 aliphatic rings. The number of hydrogen-bond donors (Lipinski definition) is 1. The first-order valence-electron chi connectivity index (χ1n) is 6.02. The van der Waals surface area contributed by atoms with Gasteiger partial charge in [0.1, 0.15) is 5.15 Å². The van der Waals surface area contributed by atoms with Gasteiger partial charge in [-0.3, -0.25) is 9.48 Å². The van der Waals surface area contributed by atoms with Crippen molar-refractivity contribution < 1.29 is 0 Å². The lowest BCUT2D eigenvalue weighted by Gasteiger charge is -2.06. The maximum atomic E-state index is 11.9. The Morgan fingerprint density at radius 2 is 2.21 bits per heavy atom. The van der Waals surface area contributed by atoms with E-state index in [-0.39, 0.29) is 5.56 Å². The van der Waals surface area contributed by atoms with Crippen LogP contribution in [0.1, 0.15) is 18.2 Å². The van der Waals surface area contributed by atoms with E-state index in [0.29, 0.717) is 11.7 Å². The molecule has 0 amide bonds. The minimum absolute atomic E-state index is 0.169. The van der Waals surface area contributed by atoms with E-state index in [2.05, 4.69) is 15.5 Å². The van der Waals surface area contributed by atoms with Crippen LogP contribution in [0.5, 0.6) is 0 Å². The Balaban J connectivity index is 2.31. The van der Waals surface area contributed by atoms with Gasteiger partial charge in [0.05, 0.1) is 24.1 Å². The molecule has 2 aromatic heterocycles. The van der Waals surface area contributed by atoms with Gasteiger partial charge in [-0.05, 0) is 13.8 Å². The van der Waals surface area contributed by atoms with E-state index in [1.54, 1.807) is 17.9 Å². The van der Waals surface area contributed by atoms with Gasteiger partial charge in [-0.25, -0.2) is 4.68 Å². The number of halogens is 1. The molecule has 6 nitrogen and oxygen atoms in total. The van der Waals surface area contributed by atoms with Crippen molar-refractivity contribution in [2.75, 3.05) is 11.9 Å². The Bertz CT molecular complexity index is 646. The third-order valence-electron chi connectivity index (χ3n) is 2.83. The van der Waals surface area contributed by atoms with Crippen LogP contribution in [0.3, 0.4) is 0 Å². The van der Waals surface area contributed by atoms with Gasteiger partial charge < -0.3 is 5.32 Å². The van der Waals surface area contributed by atoms with Crippen LogP contribution in [0.2, 0.25) is 5.15 Å². The van der Waals surface area contributed by atoms with Crippen molar-refractivity contribution in [2.45, 2.75) is 20.4 Å². The summed E-state index contributed by atoms with van der Waals surface area (Å²) in [5.41, 5.74) is 2.17. The molecule has 0 aliphatic carbocycles. The van der Waals surface area contributed by atoms with Crippen LogP contribution >= 0.6 is 11.6 Å². The average Bonchev–Trinajstić information content (AvgIpc) is 2.59. The smallest absolute Gasteiger partial charge is 0.269 e. The first kappa shape index (κ1) is 13.6. The molecule has 0 fully saturated rings. The largest absolute Gasteiger partial charge is 0.384 e. The predicted molar refractivity (Wildman–Crippen MR) is 74.7 cm³/mol. The standard InChI is InChI=1S/C12H16ClN5O/c1-4-14-9-5-11(19)18(15-6-9)7-10-8(2)16-17(3)12(10)13/h5-6,14H,4,7H2,1-3H3. The van der Waals surface area contributed by atoms with Crippen molar-refractivity contribution >= 4 is 17.3 Å². The Labute approximate surface area is 116 Å². The summed E-state index contributed by atoms with van der Waals surface area (Å²) in [5, 5.41) is 11.9. The fraction of sp³-hybridized carbons (Fsp3) is 0.417. The molecule has 0 saturated heterocycles. The maximum Gasteiger partial charge on any atom is 0.269 e. The van der Waals surface area contributed by atoms with Gasteiger partial charge >= 0.3 is 0 Å². The van der Waals surface area contributed by atoms with E-state index in [0.717, 1.165) is 23.5 Å². The molecule has 0 saturated carbocycles. The molecular weight excluding hydrogens is 266 g/mol. The number of nitrogens with zero attached hydrogens (tertiary/aromatic N) is 4. The van der Waals surface area contributed by atoms with Gasteiger partial charge in [0.2, 0.25) is 0 Å². The molecule has 2 heterocycles. The van der Waals surface area contributed by atoms with Crippen molar-refractivity contribution in [3.05, 3.63) is 39.0 Å². The minimum atomic E-state index is -0.169. The average molecular weight is 282 g/mol. The van der Waals surface area contributed by atoms with Gasteiger partial charge in [-0.15, -0.1) is 0 Å². The van der Waals surface area contributed by atoms with Crippen LogP contribution in [-0.2, 0) is 13.6 Å². The van der Waals surface area contributed by atoms with Crippen LogP contribution in [0.15, 0.2) is 17.1 Å². The quantitative estimate of drug-likeness (QED) is 0.920. The molecule has 0 bridgehead atoms. The van der Waals surface area contributed by atoms with Gasteiger partial charge in [-0.1, -0.05) is 11.6 Å². The van der Waals surface area contributed by atoms with Gasteiger partial charge in [-0.2, -0.15) is 10.2 Å². The molecule has 0 atom stereocenters. The number of anilines is 1. The Kier molecular flexibility index (Phi) is 3.90. The molecule has 2 aromatic rings. The number of aromatic nitrogens is 4. The van der Waals surface area contributed by atoms with E-state index >= 15 is 0 Å². The van der Waals surface area contributed by atoms with Crippen LogP contribution in [0.25, 0.3) is 0 Å². The van der Waals surface area contributed by atoms with Crippen molar-refractivity contribution in [1.82, 2.24) is 19.6 Å². The fourth-order valence-electron chi connectivity index (χ4n) is 1.86. The number of hydrogen-bond acceptors (Lipinski definition) is 4. The summed E-state index contributed by atoms with van der Waals surface area (Å²) in [6, 6.07) is 1.52. The zero-order valence-electron chi connectivity index (χ0n) is 11.1. The van der Waals surface area contributed by atoms with Crippen LogP contribution in [0, 0.1) is 6.92 Å². The van der Waals surface area contributed by atoms with Crippen molar-refractivity contribution in [3.63, 3.8) is 0 Å². The highest BCUT2D eigenvalue weighted by Crippen LogP contribution is 2.18. The molecule has 0 spiro atoms. The molecule has 0 radical (unpaired) electrons. The van der Waals surface area contributed by atoms with Gasteiger partial charge in [0.15, 0.2) is 0 Å². The van der Waals surface area contributed by atoms with Crippen LogP contribution in [0.4, 0.5) is 5.69 Å². The van der Waals surface area contributed by atoms with E-state index in [4.69, 9.17) is 11.6 Å². The van der Waals surface area contributed by atoms with E-state index in [1.807, 2.05) is 13.8 Å². The summed E-state index contributed by atoms with van der Waals surface area (Å²) >= 11 is 6.14. The monoisotopic (exact) mass is 281 g/mol. The number of nitrogens with one attached hydrogen (secondary N) is 1. The number of rotatable bonds is 4.